The van der Waals surface area contributed by atoms with E-state index in [1.807, 2.05) is 0 Å². The molecule has 1 aromatic rings. The Hall–Kier alpha value is -0.860. The lowest BCUT2D eigenvalue weighted by Crippen LogP contribution is -2.27. The monoisotopic (exact) mass is 289 g/mol. The molecule has 1 aliphatic rings. The molecule has 1 atom stereocenters. The molecular weight excluding hydrogens is 258 g/mol. The van der Waals surface area contributed by atoms with Gasteiger partial charge in [-0.2, -0.15) is 0 Å². The van der Waals surface area contributed by atoms with Gasteiger partial charge in [0.05, 0.1) is 0 Å². The zero-order chi connectivity index (χ0) is 15.1. The predicted octanol–water partition coefficient (Wildman–Crippen LogP) is 4.57. The summed E-state index contributed by atoms with van der Waals surface area (Å²) in [6.45, 7) is 9.82. The Morgan fingerprint density at radius 1 is 1.19 bits per heavy atom. The van der Waals surface area contributed by atoms with Gasteiger partial charge >= 0.3 is 0 Å². The molecule has 2 heteroatoms. The van der Waals surface area contributed by atoms with Crippen molar-refractivity contribution in [2.75, 3.05) is 19.8 Å². The van der Waals surface area contributed by atoms with E-state index < -0.39 is 0 Å². The van der Waals surface area contributed by atoms with Gasteiger partial charge in [-0.05, 0) is 49.1 Å². The van der Waals surface area contributed by atoms with Crippen LogP contribution in [0.25, 0.3) is 0 Å². The van der Waals surface area contributed by atoms with Crippen LogP contribution >= 0.6 is 0 Å². The van der Waals surface area contributed by atoms with E-state index in [0.29, 0.717) is 11.5 Å². The molecule has 0 saturated heterocycles. The van der Waals surface area contributed by atoms with Crippen molar-refractivity contribution < 1.29 is 4.74 Å². The molecule has 0 spiro atoms. The van der Waals surface area contributed by atoms with Gasteiger partial charge in [0, 0.05) is 19.3 Å². The van der Waals surface area contributed by atoms with Crippen LogP contribution in [0.1, 0.15) is 58.1 Å². The largest absolute Gasteiger partial charge is 0.381 e. The lowest BCUT2D eigenvalue weighted by Gasteiger charge is -2.27. The average Bonchev–Trinajstić information content (AvgIpc) is 3.25. The van der Waals surface area contributed by atoms with Crippen molar-refractivity contribution in [2.45, 2.75) is 52.5 Å². The van der Waals surface area contributed by atoms with Crippen LogP contribution in [0.15, 0.2) is 30.3 Å². The van der Waals surface area contributed by atoms with E-state index in [-0.39, 0.29) is 0 Å². The van der Waals surface area contributed by atoms with Crippen LogP contribution in [0.2, 0.25) is 0 Å². The Morgan fingerprint density at radius 3 is 2.52 bits per heavy atom. The van der Waals surface area contributed by atoms with Crippen LogP contribution in [0.3, 0.4) is 0 Å². The van der Waals surface area contributed by atoms with Crippen LogP contribution in [-0.2, 0) is 4.74 Å². The molecule has 1 fully saturated rings. The number of hydrogen-bond donors (Lipinski definition) is 1. The second kappa shape index (κ2) is 7.95. The van der Waals surface area contributed by atoms with Crippen molar-refractivity contribution in [1.29, 1.82) is 0 Å². The third kappa shape index (κ3) is 7.10. The van der Waals surface area contributed by atoms with E-state index in [2.05, 4.69) is 56.4 Å². The van der Waals surface area contributed by atoms with E-state index >= 15 is 0 Å². The molecule has 0 bridgehead atoms. The summed E-state index contributed by atoms with van der Waals surface area (Å²) in [5, 5.41) is 3.72. The van der Waals surface area contributed by atoms with E-state index in [0.717, 1.165) is 38.5 Å². The van der Waals surface area contributed by atoms with E-state index in [1.165, 1.54) is 18.4 Å². The number of benzene rings is 1. The van der Waals surface area contributed by atoms with Crippen LogP contribution in [0.4, 0.5) is 0 Å². The molecule has 118 valence electrons. The summed E-state index contributed by atoms with van der Waals surface area (Å²) in [7, 11) is 0. The summed E-state index contributed by atoms with van der Waals surface area (Å²) in [6.07, 6.45) is 5.00. The van der Waals surface area contributed by atoms with Gasteiger partial charge < -0.3 is 10.1 Å². The molecule has 0 aromatic heterocycles. The number of ether oxygens (including phenoxy) is 1. The van der Waals surface area contributed by atoms with Crippen molar-refractivity contribution in [3.63, 3.8) is 0 Å². The van der Waals surface area contributed by atoms with E-state index in [4.69, 9.17) is 4.74 Å². The Bertz CT molecular complexity index is 392. The highest BCUT2D eigenvalue weighted by Crippen LogP contribution is 2.30. The van der Waals surface area contributed by atoms with E-state index in [1.54, 1.807) is 0 Å². The summed E-state index contributed by atoms with van der Waals surface area (Å²) < 4.78 is 5.71. The van der Waals surface area contributed by atoms with Crippen LogP contribution in [-0.4, -0.2) is 19.8 Å². The molecule has 1 aromatic carbocycles. The maximum absolute atomic E-state index is 5.71. The SMILES string of the molecule is CC(C)(C)CC(NCCCOCC1CC1)c1ccccc1. The molecule has 2 nitrogen and oxygen atoms in total. The van der Waals surface area contributed by atoms with Gasteiger partial charge in [-0.1, -0.05) is 51.1 Å². The smallest absolute Gasteiger partial charge is 0.0494 e. The minimum absolute atomic E-state index is 0.329. The van der Waals surface area contributed by atoms with Gasteiger partial charge in [-0.3, -0.25) is 0 Å². The van der Waals surface area contributed by atoms with Crippen molar-refractivity contribution in [2.24, 2.45) is 11.3 Å². The lowest BCUT2D eigenvalue weighted by molar-refractivity contribution is 0.121. The first kappa shape index (κ1) is 16.5. The van der Waals surface area contributed by atoms with Gasteiger partial charge in [0.25, 0.3) is 0 Å². The number of hydrogen-bond acceptors (Lipinski definition) is 2. The molecule has 1 aliphatic carbocycles. The summed E-state index contributed by atoms with van der Waals surface area (Å²) in [6, 6.07) is 11.2. The second-order valence-electron chi connectivity index (χ2n) is 7.55. The fourth-order valence-electron chi connectivity index (χ4n) is 2.59. The third-order valence-corrected chi connectivity index (χ3v) is 3.93. The first-order valence-electron chi connectivity index (χ1n) is 8.41. The Balaban J connectivity index is 1.73. The zero-order valence-corrected chi connectivity index (χ0v) is 13.9. The maximum Gasteiger partial charge on any atom is 0.0494 e. The predicted molar refractivity (Wildman–Crippen MR) is 89.4 cm³/mol. The van der Waals surface area contributed by atoms with Gasteiger partial charge in [0.1, 0.15) is 0 Å². The van der Waals surface area contributed by atoms with Crippen LogP contribution in [0, 0.1) is 11.3 Å². The fourth-order valence-corrected chi connectivity index (χ4v) is 2.59. The van der Waals surface area contributed by atoms with Crippen molar-refractivity contribution in [3.05, 3.63) is 35.9 Å². The topological polar surface area (TPSA) is 21.3 Å². The summed E-state index contributed by atoms with van der Waals surface area (Å²) in [5.41, 5.74) is 1.72. The minimum atomic E-state index is 0.329. The average molecular weight is 289 g/mol. The molecule has 1 N–H and O–H groups in total. The molecule has 1 saturated carbocycles. The molecule has 1 unspecified atom stereocenters. The Kier molecular flexibility index (Phi) is 6.25. The second-order valence-corrected chi connectivity index (χ2v) is 7.55. The van der Waals surface area contributed by atoms with Crippen LogP contribution < -0.4 is 5.32 Å². The van der Waals surface area contributed by atoms with Gasteiger partial charge in [-0.25, -0.2) is 0 Å². The molecule has 21 heavy (non-hydrogen) atoms. The highest BCUT2D eigenvalue weighted by atomic mass is 16.5. The molecular formula is C19H31NO. The highest BCUT2D eigenvalue weighted by molar-refractivity contribution is 5.19. The van der Waals surface area contributed by atoms with Crippen LogP contribution in [0.5, 0.6) is 0 Å². The molecule has 0 radical (unpaired) electrons. The third-order valence-electron chi connectivity index (χ3n) is 3.93. The Labute approximate surface area is 130 Å². The lowest BCUT2D eigenvalue weighted by atomic mass is 9.85. The molecule has 0 heterocycles. The van der Waals surface area contributed by atoms with Gasteiger partial charge in [-0.15, -0.1) is 0 Å². The van der Waals surface area contributed by atoms with Gasteiger partial charge in [0.15, 0.2) is 0 Å². The van der Waals surface area contributed by atoms with Crippen molar-refractivity contribution in [1.82, 2.24) is 5.32 Å². The number of rotatable bonds is 9. The molecule has 0 amide bonds. The molecule has 2 rings (SSSR count). The summed E-state index contributed by atoms with van der Waals surface area (Å²) in [5.74, 6) is 0.871. The molecule has 0 aliphatic heterocycles. The fraction of sp³-hybridized carbons (Fsp3) is 0.684. The zero-order valence-electron chi connectivity index (χ0n) is 13.9. The van der Waals surface area contributed by atoms with Crippen molar-refractivity contribution in [3.8, 4) is 0 Å². The maximum atomic E-state index is 5.71. The summed E-state index contributed by atoms with van der Waals surface area (Å²) in [4.78, 5) is 0. The Morgan fingerprint density at radius 2 is 1.90 bits per heavy atom. The summed E-state index contributed by atoms with van der Waals surface area (Å²) >= 11 is 0. The first-order chi connectivity index (χ1) is 10.0. The van der Waals surface area contributed by atoms with Crippen molar-refractivity contribution >= 4 is 0 Å². The standard InChI is InChI=1S/C19H31NO/c1-19(2,3)14-18(17-8-5-4-6-9-17)20-12-7-13-21-15-16-10-11-16/h4-6,8-9,16,18,20H,7,10-15H2,1-3H3. The first-order valence-corrected chi connectivity index (χ1v) is 8.41. The van der Waals surface area contributed by atoms with Gasteiger partial charge in [0.2, 0.25) is 0 Å². The normalized spacial score (nSPS) is 16.9. The number of nitrogens with one attached hydrogen (secondary N) is 1. The van der Waals surface area contributed by atoms with E-state index in [9.17, 15) is 0 Å². The minimum Gasteiger partial charge on any atom is -0.381 e. The highest BCUT2D eigenvalue weighted by Gasteiger charge is 2.21. The quantitative estimate of drug-likeness (QED) is 0.672.